The van der Waals surface area contributed by atoms with E-state index in [9.17, 15) is 14.7 Å². The lowest BCUT2D eigenvalue weighted by atomic mass is 10.0. The van der Waals surface area contributed by atoms with Crippen molar-refractivity contribution in [1.29, 1.82) is 0 Å². The van der Waals surface area contributed by atoms with Crippen molar-refractivity contribution < 1.29 is 14.7 Å². The molecule has 1 atom stereocenters. The number of thiocarbonyl (C=S) groups is 1. The number of hydrogen-bond donors (Lipinski definition) is 1. The first-order valence-corrected chi connectivity index (χ1v) is 9.77. The average molecular weight is 448 g/mol. The molecule has 26 heavy (non-hydrogen) atoms. The quantitative estimate of drug-likeness (QED) is 0.545. The lowest BCUT2D eigenvalue weighted by molar-refractivity contribution is -0.145. The molecule has 1 aliphatic rings. The van der Waals surface area contributed by atoms with Crippen LogP contribution in [0.3, 0.4) is 0 Å². The van der Waals surface area contributed by atoms with Crippen molar-refractivity contribution in [1.82, 2.24) is 4.90 Å². The molecular weight excluding hydrogens is 434 g/mol. The smallest absolute Gasteiger partial charge is 0.327 e. The Morgan fingerprint density at radius 2 is 1.85 bits per heavy atom. The van der Waals surface area contributed by atoms with Gasteiger partial charge in [0.05, 0.1) is 4.91 Å². The summed E-state index contributed by atoms with van der Waals surface area (Å²) in [5, 5.41) is 9.65. The summed E-state index contributed by atoms with van der Waals surface area (Å²) in [7, 11) is 0. The highest BCUT2D eigenvalue weighted by Crippen LogP contribution is 2.34. The fourth-order valence-electron chi connectivity index (χ4n) is 2.59. The molecule has 2 aromatic carbocycles. The first-order valence-electron chi connectivity index (χ1n) is 7.75. The maximum Gasteiger partial charge on any atom is 0.327 e. The third-order valence-electron chi connectivity index (χ3n) is 3.86. The molecular formula is C19H14BrNO3S2. The molecule has 1 aliphatic heterocycles. The summed E-state index contributed by atoms with van der Waals surface area (Å²) in [6, 6.07) is 15.7. The fourth-order valence-corrected chi connectivity index (χ4v) is 4.21. The zero-order chi connectivity index (χ0) is 18.7. The Kier molecular flexibility index (Phi) is 5.90. The van der Waals surface area contributed by atoms with Crippen LogP contribution >= 0.6 is 39.9 Å². The van der Waals surface area contributed by atoms with Crippen molar-refractivity contribution in [2.24, 2.45) is 0 Å². The molecule has 0 saturated carbocycles. The molecule has 0 aromatic heterocycles. The number of thioether (sulfide) groups is 1. The number of nitrogens with zero attached hydrogens (tertiary/aromatic N) is 1. The van der Waals surface area contributed by atoms with E-state index >= 15 is 0 Å². The van der Waals surface area contributed by atoms with Gasteiger partial charge in [0.15, 0.2) is 0 Å². The summed E-state index contributed by atoms with van der Waals surface area (Å²) in [4.78, 5) is 26.2. The number of carboxylic acids is 1. The zero-order valence-corrected chi connectivity index (χ0v) is 16.7. The summed E-state index contributed by atoms with van der Waals surface area (Å²) >= 11 is 9.80. The van der Waals surface area contributed by atoms with Gasteiger partial charge in [-0.3, -0.25) is 9.69 Å². The van der Waals surface area contributed by atoms with E-state index in [2.05, 4.69) is 15.9 Å². The molecule has 1 heterocycles. The van der Waals surface area contributed by atoms with Crippen molar-refractivity contribution >= 4 is 62.2 Å². The van der Waals surface area contributed by atoms with E-state index in [-0.39, 0.29) is 16.6 Å². The van der Waals surface area contributed by atoms with Crippen molar-refractivity contribution in [3.8, 4) is 0 Å². The molecule has 4 nitrogen and oxygen atoms in total. The van der Waals surface area contributed by atoms with E-state index in [0.717, 1.165) is 27.4 Å². The Balaban J connectivity index is 1.86. The fraction of sp³-hybridized carbons (Fsp3) is 0.105. The Hall–Kier alpha value is -1.96. The number of rotatable bonds is 5. The van der Waals surface area contributed by atoms with Gasteiger partial charge in [0, 0.05) is 10.9 Å². The second-order valence-corrected chi connectivity index (χ2v) is 8.24. The molecule has 0 aliphatic carbocycles. The molecule has 1 saturated heterocycles. The SMILES string of the molecule is O=C(O)[C@@H](Cc1ccccc1)N1C(=O)/C(=C/c2ccc(Br)cc2)SC1=S. The maximum absolute atomic E-state index is 12.8. The molecule has 0 spiro atoms. The van der Waals surface area contributed by atoms with Crippen LogP contribution in [0.25, 0.3) is 6.08 Å². The third kappa shape index (κ3) is 4.23. The van der Waals surface area contributed by atoms with E-state index < -0.39 is 12.0 Å². The maximum atomic E-state index is 12.8. The Morgan fingerprint density at radius 1 is 1.19 bits per heavy atom. The van der Waals surface area contributed by atoms with Crippen LogP contribution in [0.15, 0.2) is 64.0 Å². The standard InChI is InChI=1S/C19H14BrNO3S2/c20-14-8-6-13(7-9-14)11-16-17(22)21(19(25)26-16)15(18(23)24)10-12-4-2-1-3-5-12/h1-9,11,15H,10H2,(H,23,24)/b16-11-/t15-/m1/s1. The molecule has 2 aromatic rings. The predicted molar refractivity (Wildman–Crippen MR) is 111 cm³/mol. The minimum atomic E-state index is -1.07. The minimum absolute atomic E-state index is 0.203. The molecule has 0 bridgehead atoms. The summed E-state index contributed by atoms with van der Waals surface area (Å²) in [5.41, 5.74) is 1.69. The van der Waals surface area contributed by atoms with Crippen LogP contribution in [0.4, 0.5) is 0 Å². The highest BCUT2D eigenvalue weighted by atomic mass is 79.9. The van der Waals surface area contributed by atoms with Gasteiger partial charge in [0.2, 0.25) is 0 Å². The van der Waals surface area contributed by atoms with Crippen LogP contribution in [0.1, 0.15) is 11.1 Å². The van der Waals surface area contributed by atoms with Gasteiger partial charge in [-0.25, -0.2) is 4.79 Å². The van der Waals surface area contributed by atoms with Crippen molar-refractivity contribution in [2.45, 2.75) is 12.5 Å². The topological polar surface area (TPSA) is 57.6 Å². The van der Waals surface area contributed by atoms with Gasteiger partial charge in [-0.05, 0) is 29.3 Å². The average Bonchev–Trinajstić information content (AvgIpc) is 2.89. The van der Waals surface area contributed by atoms with Gasteiger partial charge in [-0.15, -0.1) is 0 Å². The van der Waals surface area contributed by atoms with E-state index in [0.29, 0.717) is 4.91 Å². The van der Waals surface area contributed by atoms with Crippen molar-refractivity contribution in [3.63, 3.8) is 0 Å². The van der Waals surface area contributed by atoms with Gasteiger partial charge in [0.1, 0.15) is 10.4 Å². The minimum Gasteiger partial charge on any atom is -0.480 e. The van der Waals surface area contributed by atoms with Gasteiger partial charge < -0.3 is 5.11 Å². The van der Waals surface area contributed by atoms with Crippen LogP contribution in [0.2, 0.25) is 0 Å². The molecule has 1 fully saturated rings. The number of carbonyl (C=O) groups is 2. The third-order valence-corrected chi connectivity index (χ3v) is 5.72. The molecule has 0 radical (unpaired) electrons. The van der Waals surface area contributed by atoms with Crippen molar-refractivity contribution in [2.75, 3.05) is 0 Å². The number of hydrogen-bond acceptors (Lipinski definition) is 4. The molecule has 1 amide bonds. The molecule has 3 rings (SSSR count). The van der Waals surface area contributed by atoms with Gasteiger partial charge in [-0.2, -0.15) is 0 Å². The van der Waals surface area contributed by atoms with Gasteiger partial charge in [-0.1, -0.05) is 82.4 Å². The van der Waals surface area contributed by atoms with E-state index in [1.807, 2.05) is 54.6 Å². The Morgan fingerprint density at radius 3 is 2.46 bits per heavy atom. The zero-order valence-electron chi connectivity index (χ0n) is 13.5. The second kappa shape index (κ2) is 8.16. The van der Waals surface area contributed by atoms with Gasteiger partial charge in [0.25, 0.3) is 5.91 Å². The number of aliphatic carboxylic acids is 1. The molecule has 0 unspecified atom stereocenters. The number of carboxylic acid groups (broad SMARTS) is 1. The van der Waals surface area contributed by atoms with E-state index in [1.165, 1.54) is 4.90 Å². The van der Waals surface area contributed by atoms with Crippen LogP contribution in [-0.2, 0) is 16.0 Å². The number of carbonyl (C=O) groups excluding carboxylic acids is 1. The number of amides is 1. The second-order valence-electron chi connectivity index (χ2n) is 5.65. The predicted octanol–water partition coefficient (Wildman–Crippen LogP) is 4.35. The molecule has 1 N–H and O–H groups in total. The van der Waals surface area contributed by atoms with Gasteiger partial charge >= 0.3 is 5.97 Å². The Bertz CT molecular complexity index is 881. The van der Waals surface area contributed by atoms with Crippen LogP contribution < -0.4 is 0 Å². The Labute approximate surface area is 169 Å². The molecule has 7 heteroatoms. The largest absolute Gasteiger partial charge is 0.480 e. The highest BCUT2D eigenvalue weighted by molar-refractivity contribution is 9.10. The summed E-state index contributed by atoms with van der Waals surface area (Å²) in [6.07, 6.45) is 1.93. The summed E-state index contributed by atoms with van der Waals surface area (Å²) in [5.74, 6) is -1.44. The van der Waals surface area contributed by atoms with Crippen molar-refractivity contribution in [3.05, 3.63) is 75.1 Å². The van der Waals surface area contributed by atoms with E-state index in [1.54, 1.807) is 6.08 Å². The normalized spacial score (nSPS) is 17.0. The molecule has 132 valence electrons. The highest BCUT2D eigenvalue weighted by Gasteiger charge is 2.40. The lowest BCUT2D eigenvalue weighted by Crippen LogP contribution is -2.45. The van der Waals surface area contributed by atoms with Crippen LogP contribution in [-0.4, -0.2) is 32.2 Å². The van der Waals surface area contributed by atoms with Crippen LogP contribution in [0, 0.1) is 0 Å². The summed E-state index contributed by atoms with van der Waals surface area (Å²) in [6.45, 7) is 0. The number of benzene rings is 2. The van der Waals surface area contributed by atoms with E-state index in [4.69, 9.17) is 12.2 Å². The first kappa shape index (κ1) is 18.8. The van der Waals surface area contributed by atoms with Crippen LogP contribution in [0.5, 0.6) is 0 Å². The number of halogens is 1. The summed E-state index contributed by atoms with van der Waals surface area (Å²) < 4.78 is 1.21. The lowest BCUT2D eigenvalue weighted by Gasteiger charge is -2.23. The monoisotopic (exact) mass is 447 g/mol. The first-order chi connectivity index (χ1) is 12.5.